The number of aromatic nitrogens is 3. The lowest BCUT2D eigenvalue weighted by atomic mass is 10.3. The van der Waals surface area contributed by atoms with E-state index in [1.165, 1.54) is 0 Å². The maximum absolute atomic E-state index is 5.71. The predicted molar refractivity (Wildman–Crippen MR) is 76.4 cm³/mol. The second kappa shape index (κ2) is 6.10. The van der Waals surface area contributed by atoms with Gasteiger partial charge in [0.25, 0.3) is 0 Å². The van der Waals surface area contributed by atoms with Crippen molar-refractivity contribution in [2.45, 2.75) is 19.9 Å². The number of nitrogens with zero attached hydrogens (tertiary/aromatic N) is 3. The summed E-state index contributed by atoms with van der Waals surface area (Å²) in [5.41, 5.74) is 6.65. The molecule has 100 valence electrons. The zero-order valence-electron chi connectivity index (χ0n) is 11.1. The maximum Gasteiger partial charge on any atom is 0.136 e. The normalized spacial score (nSPS) is 11.9. The minimum atomic E-state index is 0.0758. The van der Waals surface area contributed by atoms with Crippen molar-refractivity contribution in [3.63, 3.8) is 0 Å². The third-order valence-corrected chi connectivity index (χ3v) is 2.40. The first-order valence-electron chi connectivity index (χ1n) is 6.15. The molecule has 0 saturated heterocycles. The molecule has 0 aliphatic heterocycles. The molecule has 2 heterocycles. The Morgan fingerprint density at radius 2 is 1.89 bits per heavy atom. The zero-order valence-corrected chi connectivity index (χ0v) is 11.1. The molecular weight excluding hydrogens is 240 g/mol. The Kier molecular flexibility index (Phi) is 4.25. The van der Waals surface area contributed by atoms with Crippen LogP contribution in [0, 0.1) is 6.92 Å². The van der Waals surface area contributed by atoms with Crippen molar-refractivity contribution >= 4 is 17.3 Å². The summed E-state index contributed by atoms with van der Waals surface area (Å²) in [7, 11) is 0. The van der Waals surface area contributed by atoms with Crippen LogP contribution < -0.4 is 16.4 Å². The van der Waals surface area contributed by atoms with Crippen LogP contribution in [0.15, 0.2) is 30.6 Å². The van der Waals surface area contributed by atoms with E-state index in [2.05, 4.69) is 25.6 Å². The quantitative estimate of drug-likeness (QED) is 0.756. The molecule has 4 N–H and O–H groups in total. The van der Waals surface area contributed by atoms with Crippen molar-refractivity contribution in [3.8, 4) is 0 Å². The van der Waals surface area contributed by atoms with E-state index in [4.69, 9.17) is 5.73 Å². The first-order valence-corrected chi connectivity index (χ1v) is 6.15. The molecule has 2 aromatic rings. The molecule has 6 heteroatoms. The smallest absolute Gasteiger partial charge is 0.136 e. The molecule has 0 amide bonds. The van der Waals surface area contributed by atoms with E-state index in [-0.39, 0.29) is 6.04 Å². The topological polar surface area (TPSA) is 88.8 Å². The molecule has 2 aromatic heterocycles. The third-order valence-electron chi connectivity index (χ3n) is 2.40. The van der Waals surface area contributed by atoms with Crippen molar-refractivity contribution in [2.75, 3.05) is 17.2 Å². The van der Waals surface area contributed by atoms with Crippen LogP contribution in [0.25, 0.3) is 0 Å². The van der Waals surface area contributed by atoms with Gasteiger partial charge in [0.1, 0.15) is 17.5 Å². The van der Waals surface area contributed by atoms with Crippen molar-refractivity contribution in [3.05, 3.63) is 36.4 Å². The summed E-state index contributed by atoms with van der Waals surface area (Å²) in [4.78, 5) is 12.6. The average molecular weight is 258 g/mol. The molecule has 19 heavy (non-hydrogen) atoms. The number of nitrogens with two attached hydrogens (primary N) is 1. The lowest BCUT2D eigenvalue weighted by Crippen LogP contribution is -2.25. The number of hydrogen-bond acceptors (Lipinski definition) is 6. The molecule has 1 atom stereocenters. The summed E-state index contributed by atoms with van der Waals surface area (Å²) in [6.45, 7) is 4.47. The SMILES string of the molecule is Cc1nc(NCC(C)N)cc(Nc2ccncc2)n1. The van der Waals surface area contributed by atoms with Gasteiger partial charge in [0.15, 0.2) is 0 Å². The Balaban J connectivity index is 2.12. The van der Waals surface area contributed by atoms with Gasteiger partial charge in [-0.15, -0.1) is 0 Å². The summed E-state index contributed by atoms with van der Waals surface area (Å²) < 4.78 is 0. The second-order valence-corrected chi connectivity index (χ2v) is 4.40. The fourth-order valence-electron chi connectivity index (χ4n) is 1.57. The summed E-state index contributed by atoms with van der Waals surface area (Å²) in [5.74, 6) is 2.21. The summed E-state index contributed by atoms with van der Waals surface area (Å²) in [6.07, 6.45) is 3.46. The van der Waals surface area contributed by atoms with E-state index in [9.17, 15) is 0 Å². The largest absolute Gasteiger partial charge is 0.368 e. The number of nitrogens with one attached hydrogen (secondary N) is 2. The Hall–Kier alpha value is -2.21. The van der Waals surface area contributed by atoms with Gasteiger partial charge < -0.3 is 16.4 Å². The molecule has 0 spiro atoms. The van der Waals surface area contributed by atoms with Crippen LogP contribution in [0.5, 0.6) is 0 Å². The Morgan fingerprint density at radius 1 is 1.21 bits per heavy atom. The van der Waals surface area contributed by atoms with Gasteiger partial charge in [-0.25, -0.2) is 9.97 Å². The monoisotopic (exact) mass is 258 g/mol. The molecule has 0 saturated carbocycles. The standard InChI is InChI=1S/C13H18N6/c1-9(14)8-16-12-7-13(18-10(2)17-12)19-11-3-5-15-6-4-11/h3-7,9H,8,14H2,1-2H3,(H2,15,16,17,18,19). The van der Waals surface area contributed by atoms with Crippen LogP contribution >= 0.6 is 0 Å². The zero-order chi connectivity index (χ0) is 13.7. The maximum atomic E-state index is 5.71. The number of hydrogen-bond donors (Lipinski definition) is 3. The van der Waals surface area contributed by atoms with E-state index in [0.717, 1.165) is 17.3 Å². The van der Waals surface area contributed by atoms with E-state index in [1.54, 1.807) is 12.4 Å². The van der Waals surface area contributed by atoms with Gasteiger partial charge in [0.2, 0.25) is 0 Å². The van der Waals surface area contributed by atoms with Gasteiger partial charge in [-0.1, -0.05) is 0 Å². The van der Waals surface area contributed by atoms with Crippen molar-refractivity contribution < 1.29 is 0 Å². The third kappa shape index (κ3) is 4.18. The van der Waals surface area contributed by atoms with Crippen LogP contribution in [0.4, 0.5) is 17.3 Å². The lowest BCUT2D eigenvalue weighted by Gasteiger charge is -2.11. The van der Waals surface area contributed by atoms with Gasteiger partial charge in [-0.05, 0) is 26.0 Å². The molecule has 1 unspecified atom stereocenters. The van der Waals surface area contributed by atoms with E-state index >= 15 is 0 Å². The first kappa shape index (κ1) is 13.2. The highest BCUT2D eigenvalue weighted by Gasteiger charge is 2.03. The average Bonchev–Trinajstić information content (AvgIpc) is 2.37. The minimum Gasteiger partial charge on any atom is -0.368 e. The van der Waals surface area contributed by atoms with Crippen LogP contribution in [0.1, 0.15) is 12.7 Å². The minimum absolute atomic E-state index is 0.0758. The number of rotatable bonds is 5. The molecule has 0 bridgehead atoms. The fraction of sp³-hybridized carbons (Fsp3) is 0.308. The lowest BCUT2D eigenvalue weighted by molar-refractivity contribution is 0.776. The van der Waals surface area contributed by atoms with Crippen LogP contribution in [-0.4, -0.2) is 27.5 Å². The van der Waals surface area contributed by atoms with Crippen molar-refractivity contribution in [2.24, 2.45) is 5.73 Å². The molecular formula is C13H18N6. The van der Waals surface area contributed by atoms with Gasteiger partial charge in [-0.2, -0.15) is 0 Å². The van der Waals surface area contributed by atoms with Crippen LogP contribution in [-0.2, 0) is 0 Å². The number of anilines is 3. The summed E-state index contributed by atoms with van der Waals surface area (Å²) in [5, 5.41) is 6.39. The van der Waals surface area contributed by atoms with Crippen LogP contribution in [0.2, 0.25) is 0 Å². The van der Waals surface area contributed by atoms with Gasteiger partial charge in [-0.3, -0.25) is 4.98 Å². The van der Waals surface area contributed by atoms with Crippen LogP contribution in [0.3, 0.4) is 0 Å². The molecule has 0 aliphatic carbocycles. The molecule has 0 radical (unpaired) electrons. The second-order valence-electron chi connectivity index (χ2n) is 4.40. The summed E-state index contributed by atoms with van der Waals surface area (Å²) >= 11 is 0. The number of pyridine rings is 1. The fourth-order valence-corrected chi connectivity index (χ4v) is 1.57. The molecule has 0 aliphatic rings. The molecule has 6 nitrogen and oxygen atoms in total. The number of aryl methyl sites for hydroxylation is 1. The predicted octanol–water partition coefficient (Wildman–Crippen LogP) is 1.68. The molecule has 0 fully saturated rings. The highest BCUT2D eigenvalue weighted by atomic mass is 15.1. The van der Waals surface area contributed by atoms with E-state index in [1.807, 2.05) is 32.0 Å². The molecule has 0 aromatic carbocycles. The van der Waals surface area contributed by atoms with Crippen molar-refractivity contribution in [1.29, 1.82) is 0 Å². The highest BCUT2D eigenvalue weighted by Crippen LogP contribution is 2.16. The van der Waals surface area contributed by atoms with Crippen molar-refractivity contribution in [1.82, 2.24) is 15.0 Å². The summed E-state index contributed by atoms with van der Waals surface area (Å²) in [6, 6.07) is 5.70. The van der Waals surface area contributed by atoms with Gasteiger partial charge >= 0.3 is 0 Å². The van der Waals surface area contributed by atoms with E-state index in [0.29, 0.717) is 12.4 Å². The van der Waals surface area contributed by atoms with Gasteiger partial charge in [0, 0.05) is 36.7 Å². The Morgan fingerprint density at radius 3 is 2.58 bits per heavy atom. The Labute approximate surface area is 112 Å². The Bertz CT molecular complexity index is 526. The van der Waals surface area contributed by atoms with E-state index < -0.39 is 0 Å². The first-order chi connectivity index (χ1) is 9.13. The highest BCUT2D eigenvalue weighted by molar-refractivity contribution is 5.58. The van der Waals surface area contributed by atoms with Gasteiger partial charge in [0.05, 0.1) is 0 Å². The molecule has 2 rings (SSSR count).